The summed E-state index contributed by atoms with van der Waals surface area (Å²) in [4.78, 5) is 16.4. The van der Waals surface area contributed by atoms with Gasteiger partial charge in [0.1, 0.15) is 17.1 Å². The zero-order valence-electron chi connectivity index (χ0n) is 21.6. The van der Waals surface area contributed by atoms with Gasteiger partial charge < -0.3 is 25.1 Å². The number of rotatable bonds is 4. The van der Waals surface area contributed by atoms with E-state index in [9.17, 15) is 5.11 Å². The average molecular weight is 533 g/mol. The van der Waals surface area contributed by atoms with Crippen molar-refractivity contribution < 1.29 is 9.50 Å². The van der Waals surface area contributed by atoms with Gasteiger partial charge in [0.25, 0.3) is 0 Å². The van der Waals surface area contributed by atoms with Gasteiger partial charge in [0.15, 0.2) is 5.82 Å². The molecule has 2 N–H and O–H groups in total. The van der Waals surface area contributed by atoms with E-state index in [-0.39, 0.29) is 21.9 Å². The number of nitrogens with one attached hydrogen (secondary N) is 1. The quantitative estimate of drug-likeness (QED) is 0.401. The number of piperazine rings is 1. The third kappa shape index (κ3) is 3.61. The molecule has 0 unspecified atom stereocenters. The zero-order chi connectivity index (χ0) is 26.3. The molecule has 0 bridgehead atoms. The predicted octanol–water partition coefficient (Wildman–Crippen LogP) is 4.49. The predicted molar refractivity (Wildman–Crippen MR) is 151 cm³/mol. The highest BCUT2D eigenvalue weighted by atomic mass is 35.5. The van der Waals surface area contributed by atoms with Crippen molar-refractivity contribution in [3.05, 3.63) is 53.3 Å². The van der Waals surface area contributed by atoms with Gasteiger partial charge in [0, 0.05) is 49.2 Å². The average Bonchev–Trinajstić information content (AvgIpc) is 3.53. The third-order valence-corrected chi connectivity index (χ3v) is 8.84. The summed E-state index contributed by atoms with van der Waals surface area (Å²) in [7, 11) is 4.13. The van der Waals surface area contributed by atoms with Crippen LogP contribution in [0.1, 0.15) is 6.92 Å². The van der Waals surface area contributed by atoms with E-state index in [1.165, 1.54) is 0 Å². The molecule has 0 spiro atoms. The molecule has 1 aliphatic carbocycles. The first-order valence-corrected chi connectivity index (χ1v) is 13.5. The maximum Gasteiger partial charge on any atom is 0.228 e. The molecule has 9 heteroatoms. The van der Waals surface area contributed by atoms with Crippen molar-refractivity contribution in [1.82, 2.24) is 20.2 Å². The van der Waals surface area contributed by atoms with E-state index in [1.807, 2.05) is 24.3 Å². The minimum Gasteiger partial charge on any atom is -0.508 e. The molecule has 7 nitrogen and oxygen atoms in total. The number of benzene rings is 3. The SMILES string of the molecule is C[C@H]1[C@H]2NCCN(c3nc(N4CC(N(C)C)C4)nc4c(F)c(-c5cc(O)cc6ccccc56)c(Cl)cc34)[C@@H]12. The number of aromatic hydroxyl groups is 1. The van der Waals surface area contributed by atoms with Crippen LogP contribution in [0.2, 0.25) is 5.02 Å². The second kappa shape index (κ2) is 8.66. The highest BCUT2D eigenvalue weighted by Gasteiger charge is 2.53. The lowest BCUT2D eigenvalue weighted by Crippen LogP contribution is -2.58. The zero-order valence-corrected chi connectivity index (χ0v) is 22.4. The molecule has 3 aromatic carbocycles. The summed E-state index contributed by atoms with van der Waals surface area (Å²) < 4.78 is 16.7. The van der Waals surface area contributed by atoms with Gasteiger partial charge in [-0.3, -0.25) is 0 Å². The minimum absolute atomic E-state index is 0.0585. The van der Waals surface area contributed by atoms with E-state index in [4.69, 9.17) is 21.6 Å². The molecule has 3 atom stereocenters. The van der Waals surface area contributed by atoms with Crippen LogP contribution in [0.15, 0.2) is 42.5 Å². The van der Waals surface area contributed by atoms with Gasteiger partial charge >= 0.3 is 0 Å². The number of nitrogens with zero attached hydrogens (tertiary/aromatic N) is 5. The van der Waals surface area contributed by atoms with Crippen LogP contribution in [-0.4, -0.2) is 78.4 Å². The Bertz CT molecular complexity index is 1590. The van der Waals surface area contributed by atoms with Crippen LogP contribution in [0, 0.1) is 11.7 Å². The van der Waals surface area contributed by atoms with E-state index in [2.05, 4.69) is 41.0 Å². The number of phenols is 1. The van der Waals surface area contributed by atoms with Gasteiger partial charge in [0.2, 0.25) is 5.95 Å². The minimum atomic E-state index is -0.492. The summed E-state index contributed by atoms with van der Waals surface area (Å²) in [6.07, 6.45) is 0. The number of hydrogen-bond acceptors (Lipinski definition) is 7. The van der Waals surface area contributed by atoms with Gasteiger partial charge in [-0.2, -0.15) is 4.98 Å². The number of likely N-dealkylation sites (N-methyl/N-ethyl adjacent to an activating group) is 1. The molecular weight excluding hydrogens is 503 g/mol. The molecule has 7 rings (SSSR count). The van der Waals surface area contributed by atoms with Crippen molar-refractivity contribution in [2.45, 2.75) is 25.0 Å². The van der Waals surface area contributed by atoms with E-state index < -0.39 is 5.82 Å². The summed E-state index contributed by atoms with van der Waals surface area (Å²) in [6.45, 7) is 5.46. The summed E-state index contributed by atoms with van der Waals surface area (Å²) in [5, 5.41) is 16.6. The van der Waals surface area contributed by atoms with Crippen molar-refractivity contribution in [2.24, 2.45) is 5.92 Å². The van der Waals surface area contributed by atoms with Crippen LogP contribution in [0.3, 0.4) is 0 Å². The first-order chi connectivity index (χ1) is 18.3. The Kier molecular flexibility index (Phi) is 5.44. The monoisotopic (exact) mass is 532 g/mol. The van der Waals surface area contributed by atoms with E-state index >= 15 is 4.39 Å². The molecule has 0 radical (unpaired) electrons. The molecule has 2 aliphatic heterocycles. The number of aromatic nitrogens is 2. The third-order valence-electron chi connectivity index (χ3n) is 8.54. The second-order valence-corrected chi connectivity index (χ2v) is 11.5. The molecular formula is C29H30ClFN6O. The van der Waals surface area contributed by atoms with Crippen molar-refractivity contribution >= 4 is 45.0 Å². The number of anilines is 2. The Morgan fingerprint density at radius 2 is 1.89 bits per heavy atom. The Balaban J connectivity index is 1.44. The molecule has 3 aliphatic rings. The summed E-state index contributed by atoms with van der Waals surface area (Å²) in [6, 6.07) is 13.8. The molecule has 2 saturated heterocycles. The summed E-state index contributed by atoms with van der Waals surface area (Å²) in [5.74, 6) is 1.34. The van der Waals surface area contributed by atoms with E-state index in [0.29, 0.717) is 40.9 Å². The lowest BCUT2D eigenvalue weighted by atomic mass is 9.96. The van der Waals surface area contributed by atoms with E-state index in [1.54, 1.807) is 18.2 Å². The van der Waals surface area contributed by atoms with Crippen LogP contribution in [0.25, 0.3) is 32.8 Å². The van der Waals surface area contributed by atoms with Crippen LogP contribution in [-0.2, 0) is 0 Å². The Morgan fingerprint density at radius 3 is 2.68 bits per heavy atom. The largest absolute Gasteiger partial charge is 0.508 e. The van der Waals surface area contributed by atoms with Crippen molar-refractivity contribution in [3.8, 4) is 16.9 Å². The van der Waals surface area contributed by atoms with Gasteiger partial charge in [0.05, 0.1) is 11.1 Å². The topological polar surface area (TPSA) is 67.8 Å². The molecule has 1 aromatic heterocycles. The first-order valence-electron chi connectivity index (χ1n) is 13.1. The fraction of sp³-hybridized carbons (Fsp3) is 0.379. The lowest BCUT2D eigenvalue weighted by molar-refractivity contribution is 0.245. The van der Waals surface area contributed by atoms with Crippen LogP contribution in [0.4, 0.5) is 16.2 Å². The van der Waals surface area contributed by atoms with Crippen LogP contribution >= 0.6 is 11.6 Å². The molecule has 0 amide bonds. The molecule has 38 heavy (non-hydrogen) atoms. The highest BCUT2D eigenvalue weighted by Crippen LogP contribution is 2.46. The number of hydrogen-bond donors (Lipinski definition) is 2. The van der Waals surface area contributed by atoms with Crippen molar-refractivity contribution in [2.75, 3.05) is 50.1 Å². The van der Waals surface area contributed by atoms with Gasteiger partial charge in [-0.25, -0.2) is 9.37 Å². The summed E-state index contributed by atoms with van der Waals surface area (Å²) >= 11 is 6.85. The van der Waals surface area contributed by atoms with Gasteiger partial charge in [-0.05, 0) is 54.5 Å². The number of halogens is 2. The lowest BCUT2D eigenvalue weighted by Gasteiger charge is -2.43. The van der Waals surface area contributed by atoms with Crippen LogP contribution < -0.4 is 15.1 Å². The highest BCUT2D eigenvalue weighted by molar-refractivity contribution is 6.35. The number of phenolic OH excluding ortho intramolecular Hbond substituents is 1. The molecule has 3 fully saturated rings. The van der Waals surface area contributed by atoms with Gasteiger partial charge in [-0.15, -0.1) is 0 Å². The Labute approximate surface area is 225 Å². The van der Waals surface area contributed by atoms with Crippen LogP contribution in [0.5, 0.6) is 5.75 Å². The Morgan fingerprint density at radius 1 is 1.11 bits per heavy atom. The second-order valence-electron chi connectivity index (χ2n) is 11.1. The molecule has 4 aromatic rings. The van der Waals surface area contributed by atoms with Crippen molar-refractivity contribution in [3.63, 3.8) is 0 Å². The fourth-order valence-electron chi connectivity index (χ4n) is 6.20. The maximum absolute atomic E-state index is 16.7. The van der Waals surface area contributed by atoms with Gasteiger partial charge in [-0.1, -0.05) is 42.8 Å². The number of fused-ring (bicyclic) bond motifs is 3. The fourth-order valence-corrected chi connectivity index (χ4v) is 6.49. The Hall–Kier alpha value is -3.20. The smallest absolute Gasteiger partial charge is 0.228 e. The molecule has 3 heterocycles. The molecule has 1 saturated carbocycles. The first kappa shape index (κ1) is 23.9. The summed E-state index contributed by atoms with van der Waals surface area (Å²) in [5.41, 5.74) is 1.05. The maximum atomic E-state index is 16.7. The van der Waals surface area contributed by atoms with E-state index in [0.717, 1.165) is 42.8 Å². The normalized spacial score (nSPS) is 23.3. The van der Waals surface area contributed by atoms with Crippen molar-refractivity contribution in [1.29, 1.82) is 0 Å². The standard InChI is InChI=1S/C29H30ClFN6O/c1-15-25-27(15)37(9-8-32-25)28-21-12-22(30)23(20-11-18(38)10-16-6-4-5-7-19(16)20)24(31)26(21)33-29(34-28)36-13-17(14-36)35(2)3/h4-7,10-12,15,17,25,27,32,38H,8-9,13-14H2,1-3H3/t15-,25+,27-/m0/s1. The molecule has 196 valence electrons.